The van der Waals surface area contributed by atoms with Gasteiger partial charge in [-0.05, 0) is 74.2 Å². The number of anilines is 1. The molecule has 1 N–H and O–H groups in total. The first-order chi connectivity index (χ1) is 19.4. The fourth-order valence-corrected chi connectivity index (χ4v) is 5.69. The van der Waals surface area contributed by atoms with E-state index in [-0.39, 0.29) is 24.2 Å². The van der Waals surface area contributed by atoms with E-state index in [0.29, 0.717) is 28.4 Å². The zero-order chi connectivity index (χ0) is 29.7. The molecule has 0 fully saturated rings. The van der Waals surface area contributed by atoms with E-state index < -0.39 is 17.7 Å². The van der Waals surface area contributed by atoms with Crippen molar-refractivity contribution < 1.29 is 23.9 Å². The van der Waals surface area contributed by atoms with Crippen LogP contribution in [-0.2, 0) is 16.1 Å². The average Bonchev–Trinajstić information content (AvgIpc) is 3.05. The molecule has 9 heteroatoms. The second-order valence-corrected chi connectivity index (χ2v) is 12.5. The maximum atomic E-state index is 13.9. The molecule has 1 heterocycles. The number of hydrogen-bond donors (Lipinski definition) is 1. The van der Waals surface area contributed by atoms with Crippen molar-refractivity contribution in [1.82, 2.24) is 5.32 Å². The molecule has 0 saturated carbocycles. The third-order valence-electron chi connectivity index (χ3n) is 6.66. The summed E-state index contributed by atoms with van der Waals surface area (Å²) < 4.78 is 10.7. The number of ether oxygens (including phenoxy) is 2. The largest absolute Gasteiger partial charge is 0.497 e. The molecule has 216 valence electrons. The third kappa shape index (κ3) is 8.05. The lowest BCUT2D eigenvalue weighted by Gasteiger charge is -2.27. The maximum Gasteiger partial charge on any atom is 0.408 e. The summed E-state index contributed by atoms with van der Waals surface area (Å²) in [6.45, 7) is 7.57. The van der Waals surface area contributed by atoms with Crippen LogP contribution in [0.1, 0.15) is 61.5 Å². The highest BCUT2D eigenvalue weighted by atomic mass is 35.5. The molecule has 2 atom stereocenters. The van der Waals surface area contributed by atoms with Gasteiger partial charge in [-0.1, -0.05) is 48.9 Å². The van der Waals surface area contributed by atoms with Crippen LogP contribution in [0.25, 0.3) is 0 Å². The Morgan fingerprint density at radius 1 is 1.07 bits per heavy atom. The number of fused-ring (bicyclic) bond motifs is 1. The fraction of sp³-hybridized carbons (Fsp3) is 0.344. The van der Waals surface area contributed by atoms with Gasteiger partial charge in [-0.25, -0.2) is 4.79 Å². The van der Waals surface area contributed by atoms with Crippen LogP contribution in [0.2, 0.25) is 5.02 Å². The van der Waals surface area contributed by atoms with Crippen LogP contribution < -0.4 is 15.0 Å². The number of alkyl carbamates (subject to hydrolysis) is 1. The number of carbonyl (C=O) groups excluding carboxylic acids is 3. The summed E-state index contributed by atoms with van der Waals surface area (Å²) in [7, 11) is 1.62. The van der Waals surface area contributed by atoms with Gasteiger partial charge in [0, 0.05) is 27.7 Å². The number of hydrogen-bond acceptors (Lipinski definition) is 6. The average molecular weight is 595 g/mol. The predicted molar refractivity (Wildman–Crippen MR) is 163 cm³/mol. The first kappa shape index (κ1) is 30.5. The molecule has 0 bridgehead atoms. The number of thioether (sulfide) groups is 1. The normalized spacial score (nSPS) is 15.9. The Labute approximate surface area is 250 Å². The number of Topliss-reactive ketones (excluding diaryl/α,β-unsaturated/α-hetero) is 1. The standard InChI is InChI=1S/C32H35ClN2O5S/c1-20(22-8-13-25(39-5)14-9-22)16-28(36)23-10-15-29-27(17-23)35(18-21-6-11-24(33)12-7-21)30(37)26(19-41-29)34-31(38)40-32(2,3)4/h6-15,17,20,26H,16,18-19H2,1-5H3,(H,34,38)/t20-,26-/m0/s1. The van der Waals surface area contributed by atoms with Crippen molar-refractivity contribution in [1.29, 1.82) is 0 Å². The minimum absolute atomic E-state index is 0.00389. The molecule has 3 aromatic carbocycles. The number of nitrogens with zero attached hydrogens (tertiary/aromatic N) is 1. The molecule has 7 nitrogen and oxygen atoms in total. The SMILES string of the molecule is COc1ccc([C@@H](C)CC(=O)c2ccc3c(c2)N(Cc2ccc(Cl)cc2)C(=O)[C@@H](NC(=O)OC(C)(C)C)CS3)cc1. The number of methoxy groups -OCH3 is 1. The third-order valence-corrected chi connectivity index (χ3v) is 8.07. The van der Waals surface area contributed by atoms with E-state index in [4.69, 9.17) is 21.1 Å². The van der Waals surface area contributed by atoms with Gasteiger partial charge in [-0.15, -0.1) is 11.8 Å². The number of halogens is 1. The van der Waals surface area contributed by atoms with E-state index in [1.54, 1.807) is 51.0 Å². The van der Waals surface area contributed by atoms with Crippen molar-refractivity contribution in [3.63, 3.8) is 0 Å². The predicted octanol–water partition coefficient (Wildman–Crippen LogP) is 7.26. The van der Waals surface area contributed by atoms with Crippen molar-refractivity contribution in [2.75, 3.05) is 17.8 Å². The summed E-state index contributed by atoms with van der Waals surface area (Å²) in [6, 6.07) is 19.6. The molecule has 3 aromatic rings. The van der Waals surface area contributed by atoms with E-state index in [9.17, 15) is 14.4 Å². The van der Waals surface area contributed by atoms with Gasteiger partial charge in [-0.3, -0.25) is 9.59 Å². The molecule has 2 amide bonds. The summed E-state index contributed by atoms with van der Waals surface area (Å²) >= 11 is 7.55. The zero-order valence-electron chi connectivity index (χ0n) is 23.9. The van der Waals surface area contributed by atoms with E-state index in [1.807, 2.05) is 55.5 Å². The number of benzene rings is 3. The smallest absolute Gasteiger partial charge is 0.408 e. The molecule has 0 aromatic heterocycles. The molecule has 4 rings (SSSR count). The highest BCUT2D eigenvalue weighted by Crippen LogP contribution is 2.37. The molecule has 0 saturated heterocycles. The van der Waals surface area contributed by atoms with Crippen molar-refractivity contribution in [3.8, 4) is 5.75 Å². The fourth-order valence-electron chi connectivity index (χ4n) is 4.51. The Kier molecular flexibility index (Phi) is 9.66. The van der Waals surface area contributed by atoms with Crippen LogP contribution in [0, 0.1) is 0 Å². The van der Waals surface area contributed by atoms with Crippen molar-refractivity contribution in [2.45, 2.75) is 63.1 Å². The number of carbonyl (C=O) groups is 3. The Bertz CT molecular complexity index is 1400. The zero-order valence-corrected chi connectivity index (χ0v) is 25.5. The molecule has 0 aliphatic carbocycles. The number of nitrogens with one attached hydrogen (secondary N) is 1. The number of amides is 2. The molecule has 1 aliphatic rings. The van der Waals surface area contributed by atoms with Gasteiger partial charge >= 0.3 is 6.09 Å². The lowest BCUT2D eigenvalue weighted by molar-refractivity contribution is -0.120. The lowest BCUT2D eigenvalue weighted by Crippen LogP contribution is -2.50. The summed E-state index contributed by atoms with van der Waals surface area (Å²) in [6.07, 6.45) is -0.344. The van der Waals surface area contributed by atoms with Crippen LogP contribution in [0.4, 0.5) is 10.5 Å². The summed E-state index contributed by atoms with van der Waals surface area (Å²) in [5.41, 5.74) is 2.36. The van der Waals surface area contributed by atoms with Gasteiger partial charge in [0.1, 0.15) is 17.4 Å². The van der Waals surface area contributed by atoms with Gasteiger partial charge in [0.2, 0.25) is 0 Å². The molecule has 0 radical (unpaired) electrons. The van der Waals surface area contributed by atoms with E-state index in [1.165, 1.54) is 11.8 Å². The Morgan fingerprint density at radius 2 is 1.76 bits per heavy atom. The van der Waals surface area contributed by atoms with Crippen LogP contribution in [0.3, 0.4) is 0 Å². The second kappa shape index (κ2) is 13.0. The van der Waals surface area contributed by atoms with Crippen LogP contribution in [-0.4, -0.2) is 42.3 Å². The highest BCUT2D eigenvalue weighted by Gasteiger charge is 2.33. The number of ketones is 1. The first-order valence-corrected chi connectivity index (χ1v) is 14.8. The summed E-state index contributed by atoms with van der Waals surface area (Å²) in [5.74, 6) is 0.779. The minimum atomic E-state index is -0.816. The van der Waals surface area contributed by atoms with Gasteiger partial charge in [0.15, 0.2) is 5.78 Å². The van der Waals surface area contributed by atoms with Gasteiger partial charge < -0.3 is 19.7 Å². The van der Waals surface area contributed by atoms with Gasteiger partial charge in [0.05, 0.1) is 19.3 Å². The first-order valence-electron chi connectivity index (χ1n) is 13.4. The lowest BCUT2D eigenvalue weighted by atomic mass is 9.93. The molecule has 0 unspecified atom stereocenters. The number of rotatable bonds is 8. The van der Waals surface area contributed by atoms with E-state index in [0.717, 1.165) is 21.8 Å². The highest BCUT2D eigenvalue weighted by molar-refractivity contribution is 7.99. The van der Waals surface area contributed by atoms with E-state index >= 15 is 0 Å². The van der Waals surface area contributed by atoms with Gasteiger partial charge in [-0.2, -0.15) is 0 Å². The molecule has 1 aliphatic heterocycles. The summed E-state index contributed by atoms with van der Waals surface area (Å²) in [5, 5.41) is 3.34. The summed E-state index contributed by atoms with van der Waals surface area (Å²) in [4.78, 5) is 42.4. The topological polar surface area (TPSA) is 84.9 Å². The Balaban J connectivity index is 1.61. The van der Waals surface area contributed by atoms with Crippen molar-refractivity contribution >= 4 is 46.8 Å². The second-order valence-electron chi connectivity index (χ2n) is 11.0. The Hall–Kier alpha value is -3.49. The van der Waals surface area contributed by atoms with Crippen LogP contribution >= 0.6 is 23.4 Å². The van der Waals surface area contributed by atoms with Gasteiger partial charge in [0.25, 0.3) is 5.91 Å². The maximum absolute atomic E-state index is 13.9. The van der Waals surface area contributed by atoms with Crippen molar-refractivity contribution in [2.24, 2.45) is 0 Å². The quantitative estimate of drug-likeness (QED) is 0.276. The monoisotopic (exact) mass is 594 g/mol. The van der Waals surface area contributed by atoms with Crippen LogP contribution in [0.15, 0.2) is 71.6 Å². The molecule has 41 heavy (non-hydrogen) atoms. The van der Waals surface area contributed by atoms with E-state index in [2.05, 4.69) is 5.32 Å². The van der Waals surface area contributed by atoms with Crippen molar-refractivity contribution in [3.05, 3.63) is 88.4 Å². The molecular weight excluding hydrogens is 560 g/mol. The molecular formula is C32H35ClN2O5S. The molecule has 0 spiro atoms. The minimum Gasteiger partial charge on any atom is -0.497 e. The Morgan fingerprint density at radius 3 is 2.39 bits per heavy atom. The van der Waals surface area contributed by atoms with Crippen LogP contribution in [0.5, 0.6) is 5.75 Å².